The minimum Gasteiger partial charge on any atom is -0.493 e. The second kappa shape index (κ2) is 13.1. The van der Waals surface area contributed by atoms with E-state index in [1.54, 1.807) is 35.2 Å². The van der Waals surface area contributed by atoms with Gasteiger partial charge in [0.05, 0.1) is 30.0 Å². The molecule has 1 amide bonds. The Balaban J connectivity index is 1.20. The Labute approximate surface area is 265 Å². The van der Waals surface area contributed by atoms with Gasteiger partial charge in [-0.3, -0.25) is 4.79 Å². The Morgan fingerprint density at radius 1 is 0.935 bits per heavy atom. The lowest BCUT2D eigenvalue weighted by Gasteiger charge is -2.37. The van der Waals surface area contributed by atoms with E-state index in [0.717, 1.165) is 38.1 Å². The number of methoxy groups -OCH3 is 1. The largest absolute Gasteiger partial charge is 0.493 e. The lowest BCUT2D eigenvalue weighted by Crippen LogP contribution is -2.46. The topological polar surface area (TPSA) is 69.0 Å². The highest BCUT2D eigenvalue weighted by molar-refractivity contribution is 6.35. The molecule has 3 aliphatic rings. The van der Waals surface area contributed by atoms with Crippen LogP contribution in [-0.4, -0.2) is 68.1 Å². The van der Waals surface area contributed by atoms with Crippen molar-refractivity contribution in [3.8, 4) is 23.3 Å². The van der Waals surface area contributed by atoms with Gasteiger partial charge in [0.25, 0.3) is 5.91 Å². The van der Waals surface area contributed by atoms with E-state index in [1.807, 2.05) is 0 Å². The van der Waals surface area contributed by atoms with Crippen molar-refractivity contribution in [3.63, 3.8) is 0 Å². The molecule has 240 valence electrons. The fraction of sp³-hybridized carbons (Fsp3) is 0.371. The number of halogens is 4. The molecule has 6 rings (SSSR count). The lowest BCUT2D eigenvalue weighted by molar-refractivity contribution is -0.138. The summed E-state index contributed by atoms with van der Waals surface area (Å²) in [6.07, 6.45) is 1.66. The van der Waals surface area contributed by atoms with Gasteiger partial charge in [0.2, 0.25) is 0 Å². The van der Waals surface area contributed by atoms with Crippen LogP contribution < -0.4 is 14.4 Å². The molecule has 3 aromatic rings. The van der Waals surface area contributed by atoms with Crippen molar-refractivity contribution < 1.29 is 31.8 Å². The predicted molar refractivity (Wildman–Crippen MR) is 166 cm³/mol. The maximum absolute atomic E-state index is 14.4. The van der Waals surface area contributed by atoms with E-state index < -0.39 is 23.3 Å². The maximum Gasteiger partial charge on any atom is 0.420 e. The molecule has 0 unspecified atom stereocenters. The summed E-state index contributed by atoms with van der Waals surface area (Å²) in [5, 5.41) is 9.05. The Bertz CT molecular complexity index is 1690. The van der Waals surface area contributed by atoms with Crippen molar-refractivity contribution in [3.05, 3.63) is 82.7 Å². The number of nitrogens with zero attached hydrogens (tertiary/aromatic N) is 4. The molecular formula is C35H34F4N4O3. The second-order valence-corrected chi connectivity index (χ2v) is 11.8. The number of hydrogen-bond donors (Lipinski definition) is 0. The van der Waals surface area contributed by atoms with E-state index >= 15 is 0 Å². The van der Waals surface area contributed by atoms with Crippen molar-refractivity contribution in [2.45, 2.75) is 37.9 Å². The first-order valence-electron chi connectivity index (χ1n) is 15.4. The molecule has 2 saturated heterocycles. The Morgan fingerprint density at radius 3 is 2.37 bits per heavy atom. The number of likely N-dealkylation sites (tertiary alicyclic amines) is 2. The SMILES string of the molecule is COc1cc(C=C2C(=O)N(CCN3CCC(N4CCCC4)CC3)c3ccc(F)cc32)ccc1Oc1ccc(C#N)cc1C(F)(F)F. The van der Waals surface area contributed by atoms with Crippen molar-refractivity contribution in [2.24, 2.45) is 0 Å². The van der Waals surface area contributed by atoms with Gasteiger partial charge in [-0.25, -0.2) is 4.39 Å². The molecule has 3 heterocycles. The van der Waals surface area contributed by atoms with Crippen molar-refractivity contribution in [1.29, 1.82) is 5.26 Å². The molecule has 0 bridgehead atoms. The summed E-state index contributed by atoms with van der Waals surface area (Å²) in [7, 11) is 1.35. The predicted octanol–water partition coefficient (Wildman–Crippen LogP) is 6.96. The third kappa shape index (κ3) is 6.59. The molecule has 3 aromatic carbocycles. The smallest absolute Gasteiger partial charge is 0.420 e. The Kier molecular flexibility index (Phi) is 9.02. The number of alkyl halides is 3. The molecular weight excluding hydrogens is 600 g/mol. The molecule has 3 aliphatic heterocycles. The normalized spacial score (nSPS) is 18.7. The monoisotopic (exact) mass is 634 g/mol. The summed E-state index contributed by atoms with van der Waals surface area (Å²) in [6, 6.07) is 14.3. The van der Waals surface area contributed by atoms with Crippen LogP contribution in [0.3, 0.4) is 0 Å². The van der Waals surface area contributed by atoms with E-state index in [2.05, 4.69) is 9.80 Å². The molecule has 7 nitrogen and oxygen atoms in total. The fourth-order valence-electron chi connectivity index (χ4n) is 6.60. The van der Waals surface area contributed by atoms with Gasteiger partial charge < -0.3 is 24.2 Å². The number of hydrogen-bond acceptors (Lipinski definition) is 6. The minimum atomic E-state index is -4.75. The molecule has 46 heavy (non-hydrogen) atoms. The standard InChI is InChI=1S/C35H34F4N4O3/c1-45-33-20-23(4-9-32(33)46-31-8-5-24(22-40)19-29(31)35(37,38)39)18-28-27-21-25(36)6-7-30(27)43(34(28)44)17-16-41-14-10-26(11-15-41)42-12-2-3-13-42/h4-9,18-21,26H,2-3,10-17H2,1H3. The van der Waals surface area contributed by atoms with Crippen LogP contribution in [0.4, 0.5) is 23.2 Å². The lowest BCUT2D eigenvalue weighted by atomic mass is 10.0. The van der Waals surface area contributed by atoms with Crippen molar-refractivity contribution >= 4 is 23.2 Å². The first-order valence-corrected chi connectivity index (χ1v) is 15.4. The first kappa shape index (κ1) is 31.6. The highest BCUT2D eigenvalue weighted by Gasteiger charge is 2.36. The highest BCUT2D eigenvalue weighted by Crippen LogP contribution is 2.42. The number of carbonyl (C=O) groups is 1. The van der Waals surface area contributed by atoms with Gasteiger partial charge in [-0.15, -0.1) is 0 Å². The number of amides is 1. The first-order chi connectivity index (χ1) is 22.1. The molecule has 0 saturated carbocycles. The number of fused-ring (bicyclic) bond motifs is 1. The number of benzene rings is 3. The number of nitriles is 1. The van der Waals surface area contributed by atoms with Gasteiger partial charge in [0.1, 0.15) is 11.6 Å². The summed E-state index contributed by atoms with van der Waals surface area (Å²) >= 11 is 0. The van der Waals surface area contributed by atoms with Crippen LogP contribution in [0.15, 0.2) is 54.6 Å². The molecule has 0 N–H and O–H groups in total. The number of ether oxygens (including phenoxy) is 2. The van der Waals surface area contributed by atoms with E-state index in [1.165, 1.54) is 57.3 Å². The van der Waals surface area contributed by atoms with Crippen molar-refractivity contribution in [1.82, 2.24) is 9.80 Å². The number of anilines is 1. The average molecular weight is 635 g/mol. The Hall–Kier alpha value is -4.40. The fourth-order valence-corrected chi connectivity index (χ4v) is 6.60. The number of piperidine rings is 1. The van der Waals surface area contributed by atoms with Crippen LogP contribution >= 0.6 is 0 Å². The molecule has 11 heteroatoms. The van der Waals surface area contributed by atoms with E-state index in [4.69, 9.17) is 14.7 Å². The molecule has 0 aromatic heterocycles. The minimum absolute atomic E-state index is 0.0131. The van der Waals surface area contributed by atoms with Crippen LogP contribution in [0.1, 0.15) is 47.9 Å². The second-order valence-electron chi connectivity index (χ2n) is 11.8. The zero-order valence-corrected chi connectivity index (χ0v) is 25.4. The molecule has 0 atom stereocenters. The van der Waals surface area contributed by atoms with Crippen LogP contribution in [-0.2, 0) is 11.0 Å². The van der Waals surface area contributed by atoms with Gasteiger partial charge in [0.15, 0.2) is 11.5 Å². The summed E-state index contributed by atoms with van der Waals surface area (Å²) in [5.41, 5.74) is 0.698. The van der Waals surface area contributed by atoms with Gasteiger partial charge in [-0.2, -0.15) is 18.4 Å². The number of carbonyl (C=O) groups excluding carboxylic acids is 1. The van der Waals surface area contributed by atoms with Crippen LogP contribution in [0.25, 0.3) is 11.6 Å². The summed E-state index contributed by atoms with van der Waals surface area (Å²) < 4.78 is 66.5. The average Bonchev–Trinajstić information content (AvgIpc) is 3.67. The summed E-state index contributed by atoms with van der Waals surface area (Å²) in [4.78, 5) is 20.4. The van der Waals surface area contributed by atoms with Gasteiger partial charge >= 0.3 is 6.18 Å². The molecule has 2 fully saturated rings. The Morgan fingerprint density at radius 2 is 1.67 bits per heavy atom. The van der Waals surface area contributed by atoms with Gasteiger partial charge in [-0.05, 0) is 112 Å². The third-order valence-electron chi connectivity index (χ3n) is 9.00. The quantitative estimate of drug-likeness (QED) is 0.197. The van der Waals surface area contributed by atoms with E-state index in [-0.39, 0.29) is 23.0 Å². The zero-order valence-electron chi connectivity index (χ0n) is 25.4. The molecule has 0 aliphatic carbocycles. The van der Waals surface area contributed by atoms with Gasteiger partial charge in [-0.1, -0.05) is 6.07 Å². The highest BCUT2D eigenvalue weighted by atomic mass is 19.4. The van der Waals surface area contributed by atoms with E-state index in [9.17, 15) is 22.4 Å². The van der Waals surface area contributed by atoms with Gasteiger partial charge in [0, 0.05) is 30.3 Å². The number of rotatable bonds is 8. The summed E-state index contributed by atoms with van der Waals surface area (Å²) in [6.45, 7) is 5.50. The molecule has 0 spiro atoms. The van der Waals surface area contributed by atoms with Crippen LogP contribution in [0, 0.1) is 17.1 Å². The summed E-state index contributed by atoms with van der Waals surface area (Å²) in [5.74, 6) is -1.06. The van der Waals surface area contributed by atoms with Crippen LogP contribution in [0.2, 0.25) is 0 Å². The van der Waals surface area contributed by atoms with Crippen molar-refractivity contribution in [2.75, 3.05) is 51.3 Å². The third-order valence-corrected chi connectivity index (χ3v) is 9.00. The zero-order chi connectivity index (χ0) is 32.4. The molecule has 0 radical (unpaired) electrons. The maximum atomic E-state index is 14.4. The van der Waals surface area contributed by atoms with E-state index in [0.29, 0.717) is 41.5 Å². The van der Waals surface area contributed by atoms with Crippen LogP contribution in [0.5, 0.6) is 17.2 Å².